The molecule has 6 heteroatoms. The fourth-order valence-electron chi connectivity index (χ4n) is 2.39. The Labute approximate surface area is 170 Å². The molecule has 3 aromatic rings. The number of ether oxygens (including phenoxy) is 1. The van der Waals surface area contributed by atoms with Gasteiger partial charge in [-0.1, -0.05) is 51.3 Å². The van der Waals surface area contributed by atoms with Gasteiger partial charge in [0.1, 0.15) is 18.2 Å². The van der Waals surface area contributed by atoms with Crippen LogP contribution >= 0.6 is 39.1 Å². The highest BCUT2D eigenvalue weighted by atomic mass is 79.9. The van der Waals surface area contributed by atoms with Crippen LogP contribution in [-0.2, 0) is 13.2 Å². The third-order valence-electron chi connectivity index (χ3n) is 3.73. The second kappa shape index (κ2) is 8.76. The highest BCUT2D eigenvalue weighted by molar-refractivity contribution is 9.10. The van der Waals surface area contributed by atoms with Crippen LogP contribution in [-0.4, -0.2) is 0 Å². The zero-order valence-corrected chi connectivity index (χ0v) is 16.7. The van der Waals surface area contributed by atoms with Crippen molar-refractivity contribution in [3.8, 4) is 5.75 Å². The van der Waals surface area contributed by atoms with Gasteiger partial charge in [-0.3, -0.25) is 0 Å². The summed E-state index contributed by atoms with van der Waals surface area (Å²) < 4.78 is 19.9. The molecule has 0 radical (unpaired) electrons. The van der Waals surface area contributed by atoms with Crippen molar-refractivity contribution in [3.63, 3.8) is 0 Å². The molecule has 1 N–H and O–H groups in total. The highest BCUT2D eigenvalue weighted by Crippen LogP contribution is 2.29. The van der Waals surface area contributed by atoms with Gasteiger partial charge in [0.25, 0.3) is 0 Å². The predicted octanol–water partition coefficient (Wildman–Crippen LogP) is 7.09. The predicted molar refractivity (Wildman–Crippen MR) is 109 cm³/mol. The van der Waals surface area contributed by atoms with Gasteiger partial charge in [-0.15, -0.1) is 0 Å². The van der Waals surface area contributed by atoms with Crippen LogP contribution in [0.2, 0.25) is 10.0 Å². The fourth-order valence-corrected chi connectivity index (χ4v) is 3.16. The Bertz CT molecular complexity index is 903. The van der Waals surface area contributed by atoms with Crippen molar-refractivity contribution in [2.45, 2.75) is 13.2 Å². The van der Waals surface area contributed by atoms with E-state index < -0.39 is 0 Å². The number of benzene rings is 3. The Kier molecular flexibility index (Phi) is 6.41. The largest absolute Gasteiger partial charge is 0.489 e. The second-order valence-electron chi connectivity index (χ2n) is 5.64. The Hall–Kier alpha value is -1.75. The van der Waals surface area contributed by atoms with Gasteiger partial charge in [0.05, 0.1) is 10.7 Å². The molecule has 0 heterocycles. The number of rotatable bonds is 6. The lowest BCUT2D eigenvalue weighted by atomic mass is 10.2. The summed E-state index contributed by atoms with van der Waals surface area (Å²) in [5.41, 5.74) is 2.60. The molecule has 0 saturated carbocycles. The minimum Gasteiger partial charge on any atom is -0.489 e. The molecule has 0 aliphatic rings. The normalized spacial score (nSPS) is 10.6. The summed E-state index contributed by atoms with van der Waals surface area (Å²) >= 11 is 15.7. The van der Waals surface area contributed by atoms with E-state index in [4.69, 9.17) is 27.9 Å². The van der Waals surface area contributed by atoms with Crippen LogP contribution in [0.15, 0.2) is 65.1 Å². The first kappa shape index (κ1) is 19.0. The van der Waals surface area contributed by atoms with Gasteiger partial charge in [0.2, 0.25) is 0 Å². The Morgan fingerprint density at radius 3 is 2.50 bits per heavy atom. The van der Waals surface area contributed by atoms with E-state index in [1.165, 1.54) is 12.1 Å². The molecule has 0 aliphatic heterocycles. The molecule has 26 heavy (non-hydrogen) atoms. The van der Waals surface area contributed by atoms with Crippen molar-refractivity contribution >= 4 is 44.8 Å². The smallest absolute Gasteiger partial charge is 0.124 e. The Morgan fingerprint density at radius 2 is 1.73 bits per heavy atom. The average Bonchev–Trinajstić information content (AvgIpc) is 2.63. The van der Waals surface area contributed by atoms with Crippen molar-refractivity contribution < 1.29 is 9.13 Å². The van der Waals surface area contributed by atoms with Crippen LogP contribution in [0.3, 0.4) is 0 Å². The summed E-state index contributed by atoms with van der Waals surface area (Å²) in [6, 6.07) is 17.3. The van der Waals surface area contributed by atoms with E-state index in [-0.39, 0.29) is 5.82 Å². The highest BCUT2D eigenvalue weighted by Gasteiger charge is 2.08. The van der Waals surface area contributed by atoms with Crippen molar-refractivity contribution in [2.75, 3.05) is 5.32 Å². The maximum atomic E-state index is 13.0. The van der Waals surface area contributed by atoms with E-state index in [9.17, 15) is 4.39 Å². The number of halogens is 4. The molecule has 3 aromatic carbocycles. The molecule has 134 valence electrons. The van der Waals surface area contributed by atoms with Crippen molar-refractivity contribution in [2.24, 2.45) is 0 Å². The quantitative estimate of drug-likeness (QED) is 0.429. The first-order chi connectivity index (χ1) is 12.5. The van der Waals surface area contributed by atoms with Crippen molar-refractivity contribution in [1.29, 1.82) is 0 Å². The average molecular weight is 455 g/mol. The van der Waals surface area contributed by atoms with Crippen LogP contribution in [0.1, 0.15) is 11.1 Å². The summed E-state index contributed by atoms with van der Waals surface area (Å²) in [7, 11) is 0. The zero-order valence-electron chi connectivity index (χ0n) is 13.6. The van der Waals surface area contributed by atoms with E-state index in [0.29, 0.717) is 23.2 Å². The molecule has 0 fully saturated rings. The molecule has 2 nitrogen and oxygen atoms in total. The second-order valence-corrected chi connectivity index (χ2v) is 7.40. The number of nitrogens with one attached hydrogen (secondary N) is 1. The lowest BCUT2D eigenvalue weighted by Gasteiger charge is -2.14. The first-order valence-electron chi connectivity index (χ1n) is 7.86. The van der Waals surface area contributed by atoms with E-state index in [1.54, 1.807) is 30.3 Å². The fraction of sp³-hybridized carbons (Fsp3) is 0.100. The minimum atomic E-state index is -0.263. The van der Waals surface area contributed by atoms with Crippen LogP contribution in [0.25, 0.3) is 0 Å². The van der Waals surface area contributed by atoms with Gasteiger partial charge in [0, 0.05) is 21.6 Å². The van der Waals surface area contributed by atoms with Crippen molar-refractivity contribution in [1.82, 2.24) is 0 Å². The summed E-state index contributed by atoms with van der Waals surface area (Å²) in [5, 5.41) is 4.48. The summed E-state index contributed by atoms with van der Waals surface area (Å²) in [4.78, 5) is 0. The van der Waals surface area contributed by atoms with Crippen LogP contribution in [0, 0.1) is 5.82 Å². The molecule has 0 aliphatic carbocycles. The minimum absolute atomic E-state index is 0.263. The van der Waals surface area contributed by atoms with E-state index in [2.05, 4.69) is 21.2 Å². The topological polar surface area (TPSA) is 21.3 Å². The summed E-state index contributed by atoms with van der Waals surface area (Å²) in [6.45, 7) is 0.866. The molecule has 0 unspecified atom stereocenters. The Balaban J connectivity index is 1.73. The third kappa shape index (κ3) is 5.13. The number of hydrogen-bond donors (Lipinski definition) is 1. The van der Waals surface area contributed by atoms with E-state index in [1.807, 2.05) is 18.2 Å². The van der Waals surface area contributed by atoms with Crippen LogP contribution < -0.4 is 10.1 Å². The van der Waals surface area contributed by atoms with Gasteiger partial charge in [-0.2, -0.15) is 0 Å². The zero-order chi connectivity index (χ0) is 18.5. The molecule has 0 bridgehead atoms. The van der Waals surface area contributed by atoms with Gasteiger partial charge in [-0.25, -0.2) is 4.39 Å². The van der Waals surface area contributed by atoms with Crippen molar-refractivity contribution in [3.05, 3.63) is 92.1 Å². The standard InChI is InChI=1S/C20H15BrCl2FNO/c21-15-3-8-20(26-12-13-1-5-17(24)6-2-13)14(9-15)11-25-19-10-16(22)4-7-18(19)23/h1-10,25H,11-12H2. The van der Waals surface area contributed by atoms with Gasteiger partial charge < -0.3 is 10.1 Å². The van der Waals surface area contributed by atoms with Crippen LogP contribution in [0.4, 0.5) is 10.1 Å². The van der Waals surface area contributed by atoms with E-state index >= 15 is 0 Å². The lowest BCUT2D eigenvalue weighted by molar-refractivity contribution is 0.303. The SMILES string of the molecule is Fc1ccc(COc2ccc(Br)cc2CNc2cc(Cl)ccc2Cl)cc1. The maximum absolute atomic E-state index is 13.0. The van der Waals surface area contributed by atoms with E-state index in [0.717, 1.165) is 27.0 Å². The molecule has 0 spiro atoms. The summed E-state index contributed by atoms with van der Waals surface area (Å²) in [5.74, 6) is 0.476. The molecular weight excluding hydrogens is 440 g/mol. The van der Waals surface area contributed by atoms with Gasteiger partial charge >= 0.3 is 0 Å². The van der Waals surface area contributed by atoms with Gasteiger partial charge in [0.15, 0.2) is 0 Å². The number of hydrogen-bond acceptors (Lipinski definition) is 2. The van der Waals surface area contributed by atoms with Gasteiger partial charge in [-0.05, 0) is 54.1 Å². The lowest BCUT2D eigenvalue weighted by Crippen LogP contribution is -2.04. The molecule has 0 atom stereocenters. The molecule has 0 saturated heterocycles. The third-order valence-corrected chi connectivity index (χ3v) is 4.79. The summed E-state index contributed by atoms with van der Waals surface area (Å²) in [6.07, 6.45) is 0. The molecule has 0 aromatic heterocycles. The Morgan fingerprint density at radius 1 is 0.962 bits per heavy atom. The molecule has 3 rings (SSSR count). The monoisotopic (exact) mass is 453 g/mol. The molecule has 0 amide bonds. The van der Waals surface area contributed by atoms with Crippen LogP contribution in [0.5, 0.6) is 5.75 Å². The molecular formula is C20H15BrCl2FNO. The number of anilines is 1. The first-order valence-corrected chi connectivity index (χ1v) is 9.41. The maximum Gasteiger partial charge on any atom is 0.124 e.